The monoisotopic (exact) mass is 281 g/mol. The van der Waals surface area contributed by atoms with E-state index in [9.17, 15) is 5.11 Å². The SMILES string of the molecule is Cc1cccc(C(O)c2ccc(Br)o2)c1N. The molecule has 0 amide bonds. The van der Waals surface area contributed by atoms with Gasteiger partial charge in [0.2, 0.25) is 0 Å². The maximum Gasteiger partial charge on any atom is 0.169 e. The van der Waals surface area contributed by atoms with Crippen LogP contribution in [0, 0.1) is 6.92 Å². The van der Waals surface area contributed by atoms with Crippen LogP contribution >= 0.6 is 15.9 Å². The molecule has 1 heterocycles. The fourth-order valence-corrected chi connectivity index (χ4v) is 1.89. The van der Waals surface area contributed by atoms with E-state index in [-0.39, 0.29) is 0 Å². The van der Waals surface area contributed by atoms with E-state index in [2.05, 4.69) is 15.9 Å². The quantitative estimate of drug-likeness (QED) is 0.832. The third-order valence-electron chi connectivity index (χ3n) is 2.52. The summed E-state index contributed by atoms with van der Waals surface area (Å²) in [5.74, 6) is 0.476. The molecule has 1 aromatic carbocycles. The lowest BCUT2D eigenvalue weighted by molar-refractivity contribution is 0.188. The number of rotatable bonds is 2. The number of nitrogens with two attached hydrogens (primary N) is 1. The fourth-order valence-electron chi connectivity index (χ4n) is 1.57. The molecule has 0 aliphatic carbocycles. The second-order valence-corrected chi connectivity index (χ2v) is 4.40. The molecule has 2 aromatic rings. The summed E-state index contributed by atoms with van der Waals surface area (Å²) in [5, 5.41) is 10.1. The number of aliphatic hydroxyl groups excluding tert-OH is 1. The number of nitrogen functional groups attached to an aromatic ring is 1. The summed E-state index contributed by atoms with van der Waals surface area (Å²) in [6.07, 6.45) is -0.828. The van der Waals surface area contributed by atoms with Gasteiger partial charge in [0.05, 0.1) is 0 Å². The number of benzene rings is 1. The first kappa shape index (κ1) is 11.2. The Kier molecular flexibility index (Phi) is 3.03. The van der Waals surface area contributed by atoms with Crippen molar-refractivity contribution in [3.05, 3.63) is 51.9 Å². The highest BCUT2D eigenvalue weighted by atomic mass is 79.9. The van der Waals surface area contributed by atoms with Crippen LogP contribution in [0.1, 0.15) is 23.0 Å². The van der Waals surface area contributed by atoms with Crippen molar-refractivity contribution in [3.63, 3.8) is 0 Å². The lowest BCUT2D eigenvalue weighted by Crippen LogP contribution is -2.04. The van der Waals surface area contributed by atoms with Gasteiger partial charge in [-0.25, -0.2) is 0 Å². The molecule has 2 rings (SSSR count). The van der Waals surface area contributed by atoms with E-state index in [1.165, 1.54) is 0 Å². The van der Waals surface area contributed by atoms with Crippen molar-refractivity contribution < 1.29 is 9.52 Å². The van der Waals surface area contributed by atoms with Crippen LogP contribution in [0.4, 0.5) is 5.69 Å². The highest BCUT2D eigenvalue weighted by molar-refractivity contribution is 9.10. The van der Waals surface area contributed by atoms with Gasteiger partial charge in [0, 0.05) is 11.3 Å². The van der Waals surface area contributed by atoms with Crippen molar-refractivity contribution in [2.45, 2.75) is 13.0 Å². The number of aliphatic hydroxyl groups is 1. The Labute approximate surface area is 102 Å². The van der Waals surface area contributed by atoms with Crippen molar-refractivity contribution in [2.24, 2.45) is 0 Å². The minimum Gasteiger partial charge on any atom is -0.451 e. The fraction of sp³-hybridized carbons (Fsp3) is 0.167. The van der Waals surface area contributed by atoms with Crippen LogP contribution in [0.2, 0.25) is 0 Å². The first-order valence-corrected chi connectivity index (χ1v) is 5.67. The van der Waals surface area contributed by atoms with E-state index in [0.29, 0.717) is 21.7 Å². The van der Waals surface area contributed by atoms with Crippen LogP contribution in [0.25, 0.3) is 0 Å². The van der Waals surface area contributed by atoms with Crippen molar-refractivity contribution in [3.8, 4) is 0 Å². The average Bonchev–Trinajstić information content (AvgIpc) is 2.68. The molecule has 0 aliphatic heterocycles. The first-order chi connectivity index (χ1) is 7.59. The largest absolute Gasteiger partial charge is 0.451 e. The van der Waals surface area contributed by atoms with Crippen LogP contribution in [-0.4, -0.2) is 5.11 Å². The van der Waals surface area contributed by atoms with Gasteiger partial charge in [-0.15, -0.1) is 0 Å². The highest BCUT2D eigenvalue weighted by Gasteiger charge is 2.17. The molecule has 4 heteroatoms. The highest BCUT2D eigenvalue weighted by Crippen LogP contribution is 2.30. The summed E-state index contributed by atoms with van der Waals surface area (Å²) in [5.41, 5.74) is 8.13. The Morgan fingerprint density at radius 2 is 2.06 bits per heavy atom. The van der Waals surface area contributed by atoms with Crippen molar-refractivity contribution in [1.82, 2.24) is 0 Å². The second kappa shape index (κ2) is 4.31. The second-order valence-electron chi connectivity index (χ2n) is 3.62. The summed E-state index contributed by atoms with van der Waals surface area (Å²) in [6.45, 7) is 1.91. The van der Waals surface area contributed by atoms with E-state index < -0.39 is 6.10 Å². The number of aryl methyl sites for hydroxylation is 1. The summed E-state index contributed by atoms with van der Waals surface area (Å²) >= 11 is 3.20. The standard InChI is InChI=1S/C12H12BrNO2/c1-7-3-2-4-8(11(7)14)12(15)9-5-6-10(13)16-9/h2-6,12,15H,14H2,1H3. The predicted octanol–water partition coefficient (Wildman–Crippen LogP) is 3.01. The normalized spacial score (nSPS) is 12.7. The Hall–Kier alpha value is -1.26. The van der Waals surface area contributed by atoms with Gasteiger partial charge >= 0.3 is 0 Å². The van der Waals surface area contributed by atoms with E-state index in [4.69, 9.17) is 10.2 Å². The van der Waals surface area contributed by atoms with E-state index in [0.717, 1.165) is 5.56 Å². The molecule has 0 bridgehead atoms. The van der Waals surface area contributed by atoms with Gasteiger partial charge in [-0.1, -0.05) is 18.2 Å². The summed E-state index contributed by atoms with van der Waals surface area (Å²) in [6, 6.07) is 9.02. The summed E-state index contributed by atoms with van der Waals surface area (Å²) in [4.78, 5) is 0. The van der Waals surface area contributed by atoms with Crippen molar-refractivity contribution >= 4 is 21.6 Å². The number of anilines is 1. The van der Waals surface area contributed by atoms with Crippen LogP contribution in [-0.2, 0) is 0 Å². The molecule has 16 heavy (non-hydrogen) atoms. The van der Waals surface area contributed by atoms with Crippen LogP contribution in [0.15, 0.2) is 39.4 Å². The van der Waals surface area contributed by atoms with Gasteiger partial charge in [0.1, 0.15) is 11.9 Å². The van der Waals surface area contributed by atoms with Crippen molar-refractivity contribution in [2.75, 3.05) is 5.73 Å². The van der Waals surface area contributed by atoms with Crippen molar-refractivity contribution in [1.29, 1.82) is 0 Å². The average molecular weight is 282 g/mol. The number of hydrogen-bond donors (Lipinski definition) is 2. The van der Waals surface area contributed by atoms with Gasteiger partial charge < -0.3 is 15.3 Å². The predicted molar refractivity (Wildman–Crippen MR) is 66.1 cm³/mol. The van der Waals surface area contributed by atoms with Gasteiger partial charge in [-0.2, -0.15) is 0 Å². The number of halogens is 1. The third kappa shape index (κ3) is 1.99. The number of hydrogen-bond acceptors (Lipinski definition) is 3. The Balaban J connectivity index is 2.41. The Bertz CT molecular complexity index is 507. The smallest absolute Gasteiger partial charge is 0.169 e. The van der Waals surface area contributed by atoms with Gasteiger partial charge in [-0.3, -0.25) is 0 Å². The zero-order chi connectivity index (χ0) is 11.7. The summed E-state index contributed by atoms with van der Waals surface area (Å²) in [7, 11) is 0. The molecule has 1 atom stereocenters. The van der Waals surface area contributed by atoms with E-state index >= 15 is 0 Å². The molecule has 84 valence electrons. The minimum atomic E-state index is -0.828. The first-order valence-electron chi connectivity index (χ1n) is 4.88. The molecular weight excluding hydrogens is 270 g/mol. The zero-order valence-corrected chi connectivity index (χ0v) is 10.4. The molecule has 1 aromatic heterocycles. The molecular formula is C12H12BrNO2. The topological polar surface area (TPSA) is 59.4 Å². The molecule has 0 fully saturated rings. The maximum absolute atomic E-state index is 10.1. The third-order valence-corrected chi connectivity index (χ3v) is 2.94. The molecule has 0 spiro atoms. The summed E-state index contributed by atoms with van der Waals surface area (Å²) < 4.78 is 5.90. The Morgan fingerprint density at radius 1 is 1.31 bits per heavy atom. The maximum atomic E-state index is 10.1. The molecule has 0 aliphatic rings. The molecule has 0 saturated carbocycles. The Morgan fingerprint density at radius 3 is 2.69 bits per heavy atom. The lowest BCUT2D eigenvalue weighted by atomic mass is 10.0. The van der Waals surface area contributed by atoms with Gasteiger partial charge in [-0.05, 0) is 40.5 Å². The molecule has 0 radical (unpaired) electrons. The molecule has 1 unspecified atom stereocenters. The van der Waals surface area contributed by atoms with Crippen LogP contribution in [0.5, 0.6) is 0 Å². The molecule has 3 nitrogen and oxygen atoms in total. The molecule has 0 saturated heterocycles. The van der Waals surface area contributed by atoms with E-state index in [1.807, 2.05) is 19.1 Å². The minimum absolute atomic E-state index is 0.476. The lowest BCUT2D eigenvalue weighted by Gasteiger charge is -2.12. The zero-order valence-electron chi connectivity index (χ0n) is 8.77. The van der Waals surface area contributed by atoms with Crippen LogP contribution < -0.4 is 5.73 Å². The van der Waals surface area contributed by atoms with E-state index in [1.54, 1.807) is 18.2 Å². The van der Waals surface area contributed by atoms with Crippen LogP contribution in [0.3, 0.4) is 0 Å². The molecule has 3 N–H and O–H groups in total. The van der Waals surface area contributed by atoms with Gasteiger partial charge in [0.25, 0.3) is 0 Å². The number of furan rings is 1. The number of para-hydroxylation sites is 1. The van der Waals surface area contributed by atoms with Gasteiger partial charge in [0.15, 0.2) is 4.67 Å².